The van der Waals surface area contributed by atoms with Gasteiger partial charge >= 0.3 is 5.88 Å². The Balaban J connectivity index is 2.08. The van der Waals surface area contributed by atoms with Crippen molar-refractivity contribution in [2.45, 2.75) is 57.9 Å². The quantitative estimate of drug-likeness (QED) is 0.845. The monoisotopic (exact) mass is 285 g/mol. The molecule has 1 aliphatic rings. The molecule has 0 spiro atoms. The van der Waals surface area contributed by atoms with E-state index in [1.165, 1.54) is 39.2 Å². The molecule has 0 bridgehead atoms. The van der Waals surface area contributed by atoms with Gasteiger partial charge < -0.3 is 9.29 Å². The van der Waals surface area contributed by atoms with E-state index in [1.807, 2.05) is 0 Å². The Bertz CT molecular complexity index is 449. The molecule has 2 atom stereocenters. The highest BCUT2D eigenvalue weighted by Gasteiger charge is 2.18. The summed E-state index contributed by atoms with van der Waals surface area (Å²) < 4.78 is 23.0. The molecule has 0 radical (unpaired) electrons. The van der Waals surface area contributed by atoms with Gasteiger partial charge in [-0.3, -0.25) is 4.99 Å². The van der Waals surface area contributed by atoms with Gasteiger partial charge in [-0.25, -0.2) is 0 Å². The maximum Gasteiger partial charge on any atom is 0.316 e. The van der Waals surface area contributed by atoms with E-state index in [9.17, 15) is 4.55 Å². The van der Waals surface area contributed by atoms with Crippen molar-refractivity contribution < 1.29 is 9.29 Å². The number of H-pyrrole nitrogens is 1. The van der Waals surface area contributed by atoms with Crippen LogP contribution in [0.5, 0.6) is 5.88 Å². The standard InChI is InChI=1S/C13H23N3O2S/c1-3-11(9-10-7-5-4-6-8-10)14-12-13(18-2)16-19(17)15-12/h10-11H,3-9H2,1-2H3,(H,14,15)/t11-,19?/m1/s1. The van der Waals surface area contributed by atoms with Crippen LogP contribution < -0.4 is 10.2 Å². The topological polar surface area (TPSA) is 73.3 Å². The lowest BCUT2D eigenvalue weighted by atomic mass is 9.84. The molecule has 1 aromatic rings. The first kappa shape index (κ1) is 14.5. The van der Waals surface area contributed by atoms with Gasteiger partial charge in [-0.1, -0.05) is 39.0 Å². The molecule has 0 aromatic carbocycles. The summed E-state index contributed by atoms with van der Waals surface area (Å²) in [7, 11) is 1.53. The van der Waals surface area contributed by atoms with Crippen molar-refractivity contribution >= 4 is 11.1 Å². The van der Waals surface area contributed by atoms with Crippen molar-refractivity contribution in [2.75, 3.05) is 7.11 Å². The van der Waals surface area contributed by atoms with Crippen LogP contribution in [0.15, 0.2) is 4.99 Å². The van der Waals surface area contributed by atoms with Gasteiger partial charge in [0.2, 0.25) is 5.49 Å². The Kier molecular flexibility index (Phi) is 5.39. The second-order valence-electron chi connectivity index (χ2n) is 5.23. The summed E-state index contributed by atoms with van der Waals surface area (Å²) in [6.45, 7) is 2.15. The van der Waals surface area contributed by atoms with Crippen LogP contribution in [-0.2, 0) is 0 Å². The average molecular weight is 285 g/mol. The van der Waals surface area contributed by atoms with Crippen molar-refractivity contribution in [2.24, 2.45) is 10.9 Å². The summed E-state index contributed by atoms with van der Waals surface area (Å²) in [6.07, 6.45) is 8.84. The molecule has 1 heterocycles. The fourth-order valence-electron chi connectivity index (χ4n) is 2.78. The molecule has 1 saturated carbocycles. The predicted octanol–water partition coefficient (Wildman–Crippen LogP) is 2.80. The zero-order chi connectivity index (χ0) is 13.7. The smallest absolute Gasteiger partial charge is 0.316 e. The Labute approximate surface area is 117 Å². The molecule has 0 aliphatic heterocycles. The number of methoxy groups -OCH3 is 1. The lowest BCUT2D eigenvalue weighted by molar-refractivity contribution is 0.313. The molecule has 1 fully saturated rings. The van der Waals surface area contributed by atoms with Gasteiger partial charge in [0.25, 0.3) is 0 Å². The van der Waals surface area contributed by atoms with E-state index in [0.717, 1.165) is 18.8 Å². The number of hydrogen-bond acceptors (Lipinski definition) is 4. The highest BCUT2D eigenvalue weighted by molar-refractivity contribution is 7.13. The first-order valence-corrected chi connectivity index (χ1v) is 8.23. The molecule has 1 unspecified atom stereocenters. The third kappa shape index (κ3) is 4.04. The Hall–Kier alpha value is -0.880. The van der Waals surface area contributed by atoms with E-state index < -0.39 is 11.1 Å². The number of aromatic amines is 1. The third-order valence-electron chi connectivity index (χ3n) is 3.86. The summed E-state index contributed by atoms with van der Waals surface area (Å²) in [6, 6.07) is 0.265. The fraction of sp³-hybridized carbons (Fsp3) is 0.846. The SMILES string of the molecule is CC[C@H](CC1CCCCC1)N=c1[nH][s+]([O-])nc1OC. The van der Waals surface area contributed by atoms with E-state index in [1.54, 1.807) is 0 Å². The van der Waals surface area contributed by atoms with Crippen LogP contribution in [0.3, 0.4) is 0 Å². The minimum atomic E-state index is -1.43. The van der Waals surface area contributed by atoms with Crippen molar-refractivity contribution in [1.82, 2.24) is 8.75 Å². The van der Waals surface area contributed by atoms with Crippen molar-refractivity contribution in [3.05, 3.63) is 5.49 Å². The molecule has 0 amide bonds. The normalized spacial score (nSPS) is 20.6. The van der Waals surface area contributed by atoms with Gasteiger partial charge in [-0.2, -0.15) is 0 Å². The van der Waals surface area contributed by atoms with Gasteiger partial charge in [0.1, 0.15) is 0 Å². The van der Waals surface area contributed by atoms with Crippen LogP contribution in [-0.4, -0.2) is 26.5 Å². The summed E-state index contributed by atoms with van der Waals surface area (Å²) in [5.41, 5.74) is 0.545. The maximum absolute atomic E-state index is 11.3. The van der Waals surface area contributed by atoms with Crippen LogP contribution in [0.25, 0.3) is 0 Å². The van der Waals surface area contributed by atoms with Gasteiger partial charge in [-0.05, 0) is 18.8 Å². The van der Waals surface area contributed by atoms with Crippen molar-refractivity contribution in [1.29, 1.82) is 0 Å². The Morgan fingerprint density at radius 3 is 2.84 bits per heavy atom. The highest BCUT2D eigenvalue weighted by atomic mass is 32.2. The van der Waals surface area contributed by atoms with Gasteiger partial charge in [0.05, 0.1) is 13.2 Å². The third-order valence-corrected chi connectivity index (χ3v) is 4.56. The molecule has 19 heavy (non-hydrogen) atoms. The molecule has 1 aromatic heterocycles. The minimum Gasteiger partial charge on any atom is -0.548 e. The minimum absolute atomic E-state index is 0.265. The summed E-state index contributed by atoms with van der Waals surface area (Å²) in [4.78, 5) is 4.65. The zero-order valence-corrected chi connectivity index (χ0v) is 12.5. The molecule has 2 rings (SSSR count). The van der Waals surface area contributed by atoms with Gasteiger partial charge in [0.15, 0.2) is 11.1 Å². The number of nitrogens with zero attached hydrogens (tertiary/aromatic N) is 2. The Morgan fingerprint density at radius 2 is 2.21 bits per heavy atom. The predicted molar refractivity (Wildman–Crippen MR) is 74.6 cm³/mol. The first-order chi connectivity index (χ1) is 9.22. The van der Waals surface area contributed by atoms with Gasteiger partial charge in [0, 0.05) is 4.37 Å². The molecule has 108 valence electrons. The summed E-state index contributed by atoms with van der Waals surface area (Å²) >= 11 is -1.43. The summed E-state index contributed by atoms with van der Waals surface area (Å²) in [5.74, 6) is 1.15. The maximum atomic E-state index is 11.3. The zero-order valence-electron chi connectivity index (χ0n) is 11.7. The van der Waals surface area contributed by atoms with Crippen LogP contribution >= 0.6 is 11.1 Å². The first-order valence-electron chi connectivity index (χ1n) is 7.12. The molecular weight excluding hydrogens is 262 g/mol. The van der Waals surface area contributed by atoms with Crippen LogP contribution in [0, 0.1) is 5.92 Å². The highest BCUT2D eigenvalue weighted by Crippen LogP contribution is 2.28. The average Bonchev–Trinajstić information content (AvgIpc) is 2.79. The number of rotatable bonds is 5. The number of aromatic nitrogens is 2. The number of hydrogen-bond donors (Lipinski definition) is 1. The second-order valence-corrected chi connectivity index (χ2v) is 6.12. The number of nitrogens with one attached hydrogen (secondary N) is 1. The van der Waals surface area contributed by atoms with Crippen molar-refractivity contribution in [3.63, 3.8) is 0 Å². The van der Waals surface area contributed by atoms with E-state index in [4.69, 9.17) is 4.74 Å². The molecule has 6 heteroatoms. The second kappa shape index (κ2) is 7.05. The largest absolute Gasteiger partial charge is 0.548 e. The van der Waals surface area contributed by atoms with Crippen molar-refractivity contribution in [3.8, 4) is 5.88 Å². The van der Waals surface area contributed by atoms with Crippen LogP contribution in [0.4, 0.5) is 0 Å². The fourth-order valence-corrected chi connectivity index (χ4v) is 3.45. The molecule has 1 aliphatic carbocycles. The van der Waals surface area contributed by atoms with E-state index in [-0.39, 0.29) is 6.04 Å². The molecular formula is C13H23N3O2S. The Morgan fingerprint density at radius 1 is 1.47 bits per heavy atom. The summed E-state index contributed by atoms with van der Waals surface area (Å²) in [5, 5.41) is 0. The van der Waals surface area contributed by atoms with E-state index in [2.05, 4.69) is 20.7 Å². The molecule has 5 nitrogen and oxygen atoms in total. The van der Waals surface area contributed by atoms with Crippen LogP contribution in [0.1, 0.15) is 51.9 Å². The van der Waals surface area contributed by atoms with Crippen LogP contribution in [0.2, 0.25) is 0 Å². The molecule has 0 saturated heterocycles. The van der Waals surface area contributed by atoms with E-state index in [0.29, 0.717) is 11.4 Å². The van der Waals surface area contributed by atoms with Gasteiger partial charge in [-0.15, -0.1) is 4.37 Å². The lowest BCUT2D eigenvalue weighted by Gasteiger charge is -2.23. The number of ether oxygens (including phenoxy) is 1. The van der Waals surface area contributed by atoms with E-state index >= 15 is 0 Å². The lowest BCUT2D eigenvalue weighted by Crippen LogP contribution is -2.18. The molecule has 1 N–H and O–H groups in total.